The molecule has 0 unspecified atom stereocenters. The van der Waals surface area contributed by atoms with Crippen molar-refractivity contribution in [2.75, 3.05) is 19.8 Å². The molecular formula is C18H21FN2O2. The molecule has 0 spiro atoms. The minimum absolute atomic E-state index is 0.129. The minimum atomic E-state index is -0.272. The van der Waals surface area contributed by atoms with Gasteiger partial charge in [-0.1, -0.05) is 12.1 Å². The summed E-state index contributed by atoms with van der Waals surface area (Å²) in [5, 5.41) is 0.842. The molecule has 2 aliphatic heterocycles. The lowest BCUT2D eigenvalue weighted by atomic mass is 10.00. The standard InChI is InChI=1S/C18H21FN2O2/c1-18(2)11-21(15-9-22-10-16(15)23-18)8-12-6-13-4-3-5-14(19)17(13)20-7-12/h3-7,15-16H,8-11H2,1-2H3/t15-,16-/m1/s1. The molecule has 0 aliphatic carbocycles. The average Bonchev–Trinajstić information content (AvgIpc) is 2.94. The Morgan fingerprint density at radius 1 is 1.35 bits per heavy atom. The van der Waals surface area contributed by atoms with Crippen molar-refractivity contribution in [2.45, 2.75) is 38.1 Å². The van der Waals surface area contributed by atoms with Crippen LogP contribution in [0.1, 0.15) is 19.4 Å². The molecule has 23 heavy (non-hydrogen) atoms. The van der Waals surface area contributed by atoms with Crippen molar-refractivity contribution >= 4 is 10.9 Å². The number of aromatic nitrogens is 1. The van der Waals surface area contributed by atoms with Gasteiger partial charge in [-0.3, -0.25) is 9.88 Å². The molecule has 1 aromatic heterocycles. The van der Waals surface area contributed by atoms with Gasteiger partial charge >= 0.3 is 0 Å². The first-order chi connectivity index (χ1) is 11.0. The highest BCUT2D eigenvalue weighted by Crippen LogP contribution is 2.31. The number of halogens is 1. The van der Waals surface area contributed by atoms with E-state index in [2.05, 4.69) is 23.7 Å². The molecule has 2 aromatic rings. The van der Waals surface area contributed by atoms with E-state index in [0.717, 1.165) is 24.0 Å². The van der Waals surface area contributed by atoms with Gasteiger partial charge < -0.3 is 9.47 Å². The Labute approximate surface area is 135 Å². The predicted octanol–water partition coefficient (Wildman–Crippen LogP) is 2.75. The molecule has 5 heteroatoms. The number of hydrogen-bond donors (Lipinski definition) is 0. The summed E-state index contributed by atoms with van der Waals surface area (Å²) in [6.07, 6.45) is 1.91. The Balaban J connectivity index is 1.61. The van der Waals surface area contributed by atoms with Crippen LogP contribution < -0.4 is 0 Å². The number of ether oxygens (including phenoxy) is 2. The second kappa shape index (κ2) is 5.51. The topological polar surface area (TPSA) is 34.6 Å². The van der Waals surface area contributed by atoms with Crippen molar-refractivity contribution in [1.29, 1.82) is 0 Å². The summed E-state index contributed by atoms with van der Waals surface area (Å²) in [7, 11) is 0. The van der Waals surface area contributed by atoms with Gasteiger partial charge in [0.1, 0.15) is 11.3 Å². The van der Waals surface area contributed by atoms with Crippen LogP contribution in [0.15, 0.2) is 30.5 Å². The van der Waals surface area contributed by atoms with E-state index in [4.69, 9.17) is 9.47 Å². The molecule has 2 atom stereocenters. The number of benzene rings is 1. The highest BCUT2D eigenvalue weighted by molar-refractivity contribution is 5.79. The van der Waals surface area contributed by atoms with Gasteiger partial charge in [-0.2, -0.15) is 0 Å². The molecule has 0 radical (unpaired) electrons. The Bertz CT molecular complexity index is 734. The van der Waals surface area contributed by atoms with Crippen LogP contribution in [0.5, 0.6) is 0 Å². The maximum absolute atomic E-state index is 13.7. The molecule has 2 fully saturated rings. The van der Waals surface area contributed by atoms with Gasteiger partial charge in [0.15, 0.2) is 0 Å². The lowest BCUT2D eigenvalue weighted by Crippen LogP contribution is -2.57. The number of nitrogens with zero attached hydrogens (tertiary/aromatic N) is 2. The number of hydrogen-bond acceptors (Lipinski definition) is 4. The number of rotatable bonds is 2. The van der Waals surface area contributed by atoms with Gasteiger partial charge in [0.05, 0.1) is 31.0 Å². The zero-order chi connectivity index (χ0) is 16.0. The first-order valence-electron chi connectivity index (χ1n) is 8.05. The lowest BCUT2D eigenvalue weighted by molar-refractivity contribution is -0.151. The number of pyridine rings is 1. The fourth-order valence-corrected chi connectivity index (χ4v) is 3.69. The molecule has 4 nitrogen and oxygen atoms in total. The van der Waals surface area contributed by atoms with Crippen molar-refractivity contribution in [2.24, 2.45) is 0 Å². The van der Waals surface area contributed by atoms with Crippen molar-refractivity contribution in [3.05, 3.63) is 41.8 Å². The van der Waals surface area contributed by atoms with Crippen molar-refractivity contribution in [3.8, 4) is 0 Å². The van der Waals surface area contributed by atoms with E-state index in [-0.39, 0.29) is 23.6 Å². The summed E-state index contributed by atoms with van der Waals surface area (Å²) < 4.78 is 25.5. The molecule has 2 saturated heterocycles. The highest BCUT2D eigenvalue weighted by Gasteiger charge is 2.43. The second-order valence-electron chi connectivity index (χ2n) is 7.08. The van der Waals surface area contributed by atoms with Crippen LogP contribution in [0.4, 0.5) is 4.39 Å². The predicted molar refractivity (Wildman–Crippen MR) is 85.7 cm³/mol. The van der Waals surface area contributed by atoms with Crippen LogP contribution in [-0.2, 0) is 16.0 Å². The molecule has 0 bridgehead atoms. The van der Waals surface area contributed by atoms with E-state index in [1.165, 1.54) is 6.07 Å². The Morgan fingerprint density at radius 2 is 2.22 bits per heavy atom. The Kier molecular flexibility index (Phi) is 3.59. The minimum Gasteiger partial charge on any atom is -0.377 e. The summed E-state index contributed by atoms with van der Waals surface area (Å²) in [5.41, 5.74) is 1.33. The molecule has 1 aromatic carbocycles. The van der Waals surface area contributed by atoms with Crippen LogP contribution in [0.2, 0.25) is 0 Å². The van der Waals surface area contributed by atoms with Crippen LogP contribution >= 0.6 is 0 Å². The maximum atomic E-state index is 13.7. The normalized spacial score (nSPS) is 27.3. The van der Waals surface area contributed by atoms with Gasteiger partial charge in [-0.05, 0) is 31.5 Å². The van der Waals surface area contributed by atoms with Crippen molar-refractivity contribution in [1.82, 2.24) is 9.88 Å². The molecule has 0 amide bonds. The molecule has 2 aliphatic rings. The summed E-state index contributed by atoms with van der Waals surface area (Å²) in [5.74, 6) is -0.272. The number of para-hydroxylation sites is 1. The first kappa shape index (κ1) is 15.0. The van der Waals surface area contributed by atoms with Crippen LogP contribution in [0.3, 0.4) is 0 Å². The van der Waals surface area contributed by atoms with E-state index in [1.807, 2.05) is 12.1 Å². The Hall–Kier alpha value is -1.56. The van der Waals surface area contributed by atoms with Gasteiger partial charge in [0, 0.05) is 24.7 Å². The second-order valence-corrected chi connectivity index (χ2v) is 7.08. The number of morpholine rings is 1. The van der Waals surface area contributed by atoms with Gasteiger partial charge in [0.2, 0.25) is 0 Å². The number of fused-ring (bicyclic) bond motifs is 2. The maximum Gasteiger partial charge on any atom is 0.149 e. The van der Waals surface area contributed by atoms with Crippen LogP contribution in [-0.4, -0.2) is 47.4 Å². The van der Waals surface area contributed by atoms with E-state index in [0.29, 0.717) is 18.7 Å². The molecular weight excluding hydrogens is 295 g/mol. The summed E-state index contributed by atoms with van der Waals surface area (Å²) in [6, 6.07) is 7.38. The monoisotopic (exact) mass is 316 g/mol. The largest absolute Gasteiger partial charge is 0.377 e. The Morgan fingerprint density at radius 3 is 3.09 bits per heavy atom. The fraction of sp³-hybridized carbons (Fsp3) is 0.500. The van der Waals surface area contributed by atoms with E-state index < -0.39 is 0 Å². The van der Waals surface area contributed by atoms with E-state index in [1.54, 1.807) is 12.3 Å². The lowest BCUT2D eigenvalue weighted by Gasteiger charge is -2.45. The zero-order valence-corrected chi connectivity index (χ0v) is 13.5. The zero-order valence-electron chi connectivity index (χ0n) is 13.5. The average molecular weight is 316 g/mol. The fourth-order valence-electron chi connectivity index (χ4n) is 3.69. The smallest absolute Gasteiger partial charge is 0.149 e. The molecule has 0 saturated carbocycles. The molecule has 4 rings (SSSR count). The van der Waals surface area contributed by atoms with E-state index >= 15 is 0 Å². The molecule has 3 heterocycles. The third-order valence-electron chi connectivity index (χ3n) is 4.63. The van der Waals surface area contributed by atoms with Crippen molar-refractivity contribution in [3.63, 3.8) is 0 Å². The van der Waals surface area contributed by atoms with Crippen molar-refractivity contribution < 1.29 is 13.9 Å². The first-order valence-corrected chi connectivity index (χ1v) is 8.05. The SMILES string of the molecule is CC1(C)CN(Cc2cnc3c(F)cccc3c2)[C@@H]2COC[C@H]2O1. The quantitative estimate of drug-likeness (QED) is 0.853. The third kappa shape index (κ3) is 2.84. The highest BCUT2D eigenvalue weighted by atomic mass is 19.1. The van der Waals surface area contributed by atoms with Gasteiger partial charge in [-0.15, -0.1) is 0 Å². The summed E-state index contributed by atoms with van der Waals surface area (Å²) in [4.78, 5) is 6.71. The van der Waals surface area contributed by atoms with E-state index in [9.17, 15) is 4.39 Å². The molecule has 0 N–H and O–H groups in total. The molecule has 122 valence electrons. The summed E-state index contributed by atoms with van der Waals surface area (Å²) >= 11 is 0. The van der Waals surface area contributed by atoms with Gasteiger partial charge in [-0.25, -0.2) is 4.39 Å². The summed E-state index contributed by atoms with van der Waals surface area (Å²) in [6.45, 7) is 7.21. The third-order valence-corrected chi connectivity index (χ3v) is 4.63. The van der Waals surface area contributed by atoms with Crippen LogP contribution in [0.25, 0.3) is 10.9 Å². The van der Waals surface area contributed by atoms with Crippen LogP contribution in [0, 0.1) is 5.82 Å². The van der Waals surface area contributed by atoms with Gasteiger partial charge in [0.25, 0.3) is 0 Å².